The van der Waals surface area contributed by atoms with Gasteiger partial charge in [0.05, 0.1) is 16.9 Å². The van der Waals surface area contributed by atoms with E-state index < -0.39 is 11.9 Å². The first kappa shape index (κ1) is 25.9. The Morgan fingerprint density at radius 1 is 1.13 bits per heavy atom. The molecular formula is C26H24FN5O4S2. The summed E-state index contributed by atoms with van der Waals surface area (Å²) < 4.78 is 15.1. The van der Waals surface area contributed by atoms with E-state index in [9.17, 15) is 18.8 Å². The van der Waals surface area contributed by atoms with E-state index in [1.54, 1.807) is 24.4 Å². The largest absolute Gasteiger partial charge is 0.481 e. The van der Waals surface area contributed by atoms with Gasteiger partial charge in [0.1, 0.15) is 21.6 Å². The van der Waals surface area contributed by atoms with Crippen LogP contribution in [0.3, 0.4) is 0 Å². The van der Waals surface area contributed by atoms with Gasteiger partial charge in [-0.05, 0) is 48.9 Å². The Morgan fingerprint density at radius 2 is 1.82 bits per heavy atom. The van der Waals surface area contributed by atoms with Crippen molar-refractivity contribution in [2.45, 2.75) is 13.3 Å². The van der Waals surface area contributed by atoms with Gasteiger partial charge in [0.25, 0.3) is 11.5 Å². The predicted molar refractivity (Wildman–Crippen MR) is 149 cm³/mol. The van der Waals surface area contributed by atoms with Crippen LogP contribution in [0, 0.1) is 12.7 Å². The van der Waals surface area contributed by atoms with Gasteiger partial charge in [0.2, 0.25) is 0 Å². The second-order valence-corrected chi connectivity index (χ2v) is 10.6. The van der Waals surface area contributed by atoms with Crippen LogP contribution in [0.25, 0.3) is 11.7 Å². The highest BCUT2D eigenvalue weighted by Crippen LogP contribution is 2.34. The number of aromatic nitrogens is 2. The maximum absolute atomic E-state index is 13.7. The molecule has 196 valence electrons. The van der Waals surface area contributed by atoms with Crippen molar-refractivity contribution in [1.29, 1.82) is 0 Å². The van der Waals surface area contributed by atoms with E-state index in [0.29, 0.717) is 37.6 Å². The number of aryl methyl sites for hydroxylation is 1. The van der Waals surface area contributed by atoms with Crippen LogP contribution in [-0.4, -0.2) is 68.3 Å². The van der Waals surface area contributed by atoms with Crippen molar-refractivity contribution >= 4 is 63.4 Å². The zero-order valence-electron chi connectivity index (χ0n) is 20.5. The second-order valence-electron chi connectivity index (χ2n) is 8.97. The second kappa shape index (κ2) is 10.5. The molecule has 12 heteroatoms. The van der Waals surface area contributed by atoms with Gasteiger partial charge in [-0.15, -0.1) is 0 Å². The van der Waals surface area contributed by atoms with Gasteiger partial charge in [0, 0.05) is 44.6 Å². The van der Waals surface area contributed by atoms with E-state index >= 15 is 0 Å². The summed E-state index contributed by atoms with van der Waals surface area (Å²) >= 11 is 6.35. The Hall–Kier alpha value is -3.77. The molecule has 1 N–H and O–H groups in total. The molecule has 0 atom stereocenters. The van der Waals surface area contributed by atoms with E-state index in [2.05, 4.69) is 4.90 Å². The number of amides is 1. The van der Waals surface area contributed by atoms with Gasteiger partial charge in [-0.25, -0.2) is 9.37 Å². The molecule has 5 rings (SSSR count). The average Bonchev–Trinajstić information content (AvgIpc) is 3.17. The summed E-state index contributed by atoms with van der Waals surface area (Å²) in [7, 11) is 0. The van der Waals surface area contributed by atoms with E-state index in [4.69, 9.17) is 22.3 Å². The van der Waals surface area contributed by atoms with Crippen LogP contribution in [0.4, 0.5) is 15.9 Å². The number of nitrogens with zero attached hydrogens (tertiary/aromatic N) is 5. The molecule has 3 aromatic rings. The fraction of sp³-hybridized carbons (Fsp3) is 0.269. The SMILES string of the molecule is Cc1cccn2c(=O)c(/C=C3/SC(=S)N(CCC(=O)O)C3=O)c(N3CCN(c4ccc(F)cc4)CC3)nc12. The minimum atomic E-state index is -1.03. The molecule has 2 aliphatic rings. The van der Waals surface area contributed by atoms with E-state index in [1.807, 2.05) is 17.9 Å². The van der Waals surface area contributed by atoms with Crippen molar-refractivity contribution in [3.8, 4) is 0 Å². The molecule has 1 aromatic carbocycles. The van der Waals surface area contributed by atoms with Crippen LogP contribution < -0.4 is 15.4 Å². The summed E-state index contributed by atoms with van der Waals surface area (Å²) in [6, 6.07) is 9.99. The molecule has 0 saturated carbocycles. The number of piperazine rings is 1. The molecule has 9 nitrogen and oxygen atoms in total. The number of fused-ring (bicyclic) bond motifs is 1. The molecule has 0 unspecified atom stereocenters. The van der Waals surface area contributed by atoms with Crippen molar-refractivity contribution in [2.24, 2.45) is 0 Å². The molecule has 0 radical (unpaired) electrons. The third-order valence-corrected chi connectivity index (χ3v) is 7.91. The van der Waals surface area contributed by atoms with Crippen LogP contribution >= 0.6 is 24.0 Å². The number of benzene rings is 1. The van der Waals surface area contributed by atoms with Crippen LogP contribution in [0.15, 0.2) is 52.3 Å². The first-order valence-corrected chi connectivity index (χ1v) is 13.2. The summed E-state index contributed by atoms with van der Waals surface area (Å²) in [5, 5.41) is 9.01. The maximum Gasteiger partial charge on any atom is 0.305 e. The zero-order valence-corrected chi connectivity index (χ0v) is 22.1. The van der Waals surface area contributed by atoms with Gasteiger partial charge in [0.15, 0.2) is 0 Å². The third-order valence-electron chi connectivity index (χ3n) is 6.53. The van der Waals surface area contributed by atoms with Gasteiger partial charge in [-0.2, -0.15) is 0 Å². The molecule has 4 heterocycles. The molecule has 0 spiro atoms. The lowest BCUT2D eigenvalue weighted by atomic mass is 10.2. The summed E-state index contributed by atoms with van der Waals surface area (Å²) in [6.45, 7) is 4.24. The molecule has 38 heavy (non-hydrogen) atoms. The van der Waals surface area contributed by atoms with Crippen molar-refractivity contribution in [1.82, 2.24) is 14.3 Å². The van der Waals surface area contributed by atoms with E-state index in [-0.39, 0.29) is 39.1 Å². The lowest BCUT2D eigenvalue weighted by Gasteiger charge is -2.37. The minimum Gasteiger partial charge on any atom is -0.481 e. The van der Waals surface area contributed by atoms with Crippen molar-refractivity contribution < 1.29 is 19.1 Å². The number of thioether (sulfide) groups is 1. The lowest BCUT2D eigenvalue weighted by Crippen LogP contribution is -2.47. The Labute approximate surface area is 227 Å². The minimum absolute atomic E-state index is 0.0380. The number of hydrogen-bond donors (Lipinski definition) is 1. The van der Waals surface area contributed by atoms with Crippen LogP contribution in [0.1, 0.15) is 17.5 Å². The van der Waals surface area contributed by atoms with Crippen LogP contribution in [0.5, 0.6) is 0 Å². The fourth-order valence-corrected chi connectivity index (χ4v) is 5.82. The smallest absolute Gasteiger partial charge is 0.305 e. The zero-order chi connectivity index (χ0) is 27.0. The number of anilines is 2. The topological polar surface area (TPSA) is 98.5 Å². The van der Waals surface area contributed by atoms with E-state index in [1.165, 1.54) is 27.5 Å². The highest BCUT2D eigenvalue weighted by molar-refractivity contribution is 8.26. The van der Waals surface area contributed by atoms with E-state index in [0.717, 1.165) is 23.0 Å². The highest BCUT2D eigenvalue weighted by atomic mass is 32.2. The highest BCUT2D eigenvalue weighted by Gasteiger charge is 2.33. The summed E-state index contributed by atoms with van der Waals surface area (Å²) in [5.41, 5.74) is 2.23. The number of carbonyl (C=O) groups is 2. The Morgan fingerprint density at radius 3 is 2.50 bits per heavy atom. The molecule has 2 saturated heterocycles. The number of halogens is 1. The molecular weight excluding hydrogens is 529 g/mol. The first-order chi connectivity index (χ1) is 18.2. The molecule has 1 amide bonds. The maximum atomic E-state index is 13.7. The number of carboxylic acid groups (broad SMARTS) is 1. The van der Waals surface area contributed by atoms with Gasteiger partial charge in [-0.1, -0.05) is 30.0 Å². The molecule has 2 aromatic heterocycles. The number of aliphatic carboxylic acids is 1. The number of thiocarbonyl (C=S) groups is 1. The Kier molecular flexibility index (Phi) is 7.17. The molecule has 2 aliphatic heterocycles. The number of carbonyl (C=O) groups excluding carboxylic acids is 1. The monoisotopic (exact) mass is 553 g/mol. The first-order valence-electron chi connectivity index (χ1n) is 12.0. The quantitative estimate of drug-likeness (QED) is 0.365. The van der Waals surface area contributed by atoms with Crippen LogP contribution in [0.2, 0.25) is 0 Å². The molecule has 2 fully saturated rings. The van der Waals surface area contributed by atoms with Crippen molar-refractivity contribution in [2.75, 3.05) is 42.5 Å². The van der Waals surface area contributed by atoms with Gasteiger partial charge in [-0.3, -0.25) is 23.7 Å². The predicted octanol–water partition coefficient (Wildman–Crippen LogP) is 3.14. The van der Waals surface area contributed by atoms with Gasteiger partial charge >= 0.3 is 5.97 Å². The lowest BCUT2D eigenvalue weighted by molar-refractivity contribution is -0.137. The number of carboxylic acids is 1. The number of hydrogen-bond acceptors (Lipinski definition) is 8. The molecule has 0 aliphatic carbocycles. The molecule has 0 bridgehead atoms. The number of rotatable bonds is 6. The fourth-order valence-electron chi connectivity index (χ4n) is 4.53. The van der Waals surface area contributed by atoms with Gasteiger partial charge < -0.3 is 14.9 Å². The van der Waals surface area contributed by atoms with Crippen molar-refractivity contribution in [3.63, 3.8) is 0 Å². The van der Waals surface area contributed by atoms with Crippen LogP contribution in [-0.2, 0) is 9.59 Å². The summed E-state index contributed by atoms with van der Waals surface area (Å²) in [4.78, 5) is 48.3. The summed E-state index contributed by atoms with van der Waals surface area (Å²) in [5.74, 6) is -1.28. The number of pyridine rings is 1. The third kappa shape index (κ3) is 5.01. The summed E-state index contributed by atoms with van der Waals surface area (Å²) in [6.07, 6.45) is 2.93. The standard InChI is InChI=1S/C26H24FN5O4S2/c1-16-3-2-9-31-22(16)28-23(30-13-11-29(12-14-30)18-6-4-17(27)5-7-18)19(24(31)35)15-20-25(36)32(26(37)38-20)10-8-21(33)34/h2-7,9,15H,8,10-14H2,1H3,(H,33,34)/b20-15+. The van der Waals surface area contributed by atoms with Crippen molar-refractivity contribution in [3.05, 3.63) is 74.8 Å². The normalized spacial score (nSPS) is 17.2. The average molecular weight is 554 g/mol. The Bertz CT molecular complexity index is 1530. The Balaban J connectivity index is 1.51.